The van der Waals surface area contributed by atoms with Gasteiger partial charge in [0.2, 0.25) is 0 Å². The van der Waals surface area contributed by atoms with Crippen molar-refractivity contribution >= 4 is 11.7 Å². The summed E-state index contributed by atoms with van der Waals surface area (Å²) in [5, 5.41) is 14.7. The van der Waals surface area contributed by atoms with Crippen molar-refractivity contribution < 1.29 is 19.5 Å². The van der Waals surface area contributed by atoms with Crippen LogP contribution in [0.5, 0.6) is 0 Å². The van der Waals surface area contributed by atoms with Crippen molar-refractivity contribution in [1.29, 1.82) is 0 Å². The summed E-state index contributed by atoms with van der Waals surface area (Å²) in [6.45, 7) is 2.32. The second-order valence-corrected chi connectivity index (χ2v) is 6.83. The normalized spacial score (nSPS) is 20.0. The molecule has 0 atom stereocenters. The highest BCUT2D eigenvalue weighted by Crippen LogP contribution is 2.42. The van der Waals surface area contributed by atoms with Crippen molar-refractivity contribution in [3.63, 3.8) is 0 Å². The van der Waals surface area contributed by atoms with E-state index in [4.69, 9.17) is 9.57 Å². The van der Waals surface area contributed by atoms with E-state index in [2.05, 4.69) is 5.16 Å². The van der Waals surface area contributed by atoms with Crippen molar-refractivity contribution in [3.8, 4) is 0 Å². The minimum Gasteiger partial charge on any atom is -0.511 e. The lowest BCUT2D eigenvalue weighted by atomic mass is 9.90. The third kappa shape index (κ3) is 4.03. The van der Waals surface area contributed by atoms with Crippen molar-refractivity contribution in [1.82, 2.24) is 0 Å². The van der Waals surface area contributed by atoms with Gasteiger partial charge < -0.3 is 14.7 Å². The molecule has 0 bridgehead atoms. The summed E-state index contributed by atoms with van der Waals surface area (Å²) in [5.74, 6) is -0.380. The highest BCUT2D eigenvalue weighted by Gasteiger charge is 2.44. The van der Waals surface area contributed by atoms with Gasteiger partial charge in [-0.15, -0.1) is 0 Å². The molecule has 0 radical (unpaired) electrons. The largest absolute Gasteiger partial charge is 0.511 e. The monoisotopic (exact) mass is 343 g/mol. The Morgan fingerprint density at radius 1 is 1.28 bits per heavy atom. The summed E-state index contributed by atoms with van der Waals surface area (Å²) < 4.78 is 5.72. The molecule has 1 saturated carbocycles. The molecule has 1 aliphatic heterocycles. The molecule has 0 amide bonds. The molecule has 0 aromatic heterocycles. The molecule has 1 aliphatic carbocycles. The van der Waals surface area contributed by atoms with Crippen molar-refractivity contribution in [2.24, 2.45) is 5.16 Å². The fourth-order valence-electron chi connectivity index (χ4n) is 3.59. The van der Waals surface area contributed by atoms with Crippen molar-refractivity contribution in [3.05, 3.63) is 47.2 Å². The summed E-state index contributed by atoms with van der Waals surface area (Å²) in [7, 11) is 0. The Kier molecular flexibility index (Phi) is 5.41. The minimum absolute atomic E-state index is 0.0914. The van der Waals surface area contributed by atoms with Crippen LogP contribution in [0.2, 0.25) is 0 Å². The molecule has 5 nitrogen and oxygen atoms in total. The molecule has 1 heterocycles. The van der Waals surface area contributed by atoms with Crippen molar-refractivity contribution in [2.75, 3.05) is 0 Å². The van der Waals surface area contributed by atoms with Gasteiger partial charge >= 0.3 is 5.97 Å². The standard InChI is InChI=1S/C20H25NO4/c1-2-8-16(21-24-14-15-9-4-3-5-10-15)18-17(22)13-20(25-19(18)23)11-6-7-12-20/h3-5,9-10,22H,2,6-8,11-14H2,1H3/b21-16+. The van der Waals surface area contributed by atoms with Crippen LogP contribution >= 0.6 is 0 Å². The molecule has 1 fully saturated rings. The Morgan fingerprint density at radius 2 is 2.00 bits per heavy atom. The molecule has 1 aromatic rings. The summed E-state index contributed by atoms with van der Waals surface area (Å²) >= 11 is 0. The van der Waals surface area contributed by atoms with Crippen LogP contribution in [0.4, 0.5) is 0 Å². The first-order valence-corrected chi connectivity index (χ1v) is 9.02. The van der Waals surface area contributed by atoms with E-state index >= 15 is 0 Å². The summed E-state index contributed by atoms with van der Waals surface area (Å²) in [6.07, 6.45) is 5.44. The number of nitrogens with zero attached hydrogens (tertiary/aromatic N) is 1. The maximum absolute atomic E-state index is 12.5. The molecule has 0 unspecified atom stereocenters. The van der Waals surface area contributed by atoms with E-state index in [0.29, 0.717) is 25.2 Å². The van der Waals surface area contributed by atoms with E-state index in [0.717, 1.165) is 37.7 Å². The SMILES string of the molecule is CCC/C(=N\OCc1ccccc1)C1=C(O)CC2(CCCC2)OC1=O. The van der Waals surface area contributed by atoms with E-state index in [9.17, 15) is 9.90 Å². The number of oxime groups is 1. The average Bonchev–Trinajstić information content (AvgIpc) is 3.02. The number of hydrogen-bond acceptors (Lipinski definition) is 5. The van der Waals surface area contributed by atoms with E-state index in [1.165, 1.54) is 0 Å². The van der Waals surface area contributed by atoms with Gasteiger partial charge in [0, 0.05) is 6.42 Å². The highest BCUT2D eigenvalue weighted by molar-refractivity contribution is 6.20. The van der Waals surface area contributed by atoms with Gasteiger partial charge in [-0.25, -0.2) is 4.79 Å². The van der Waals surface area contributed by atoms with Gasteiger partial charge in [0.25, 0.3) is 0 Å². The Bertz CT molecular complexity index is 672. The van der Waals surface area contributed by atoms with E-state index in [1.54, 1.807) is 0 Å². The molecule has 25 heavy (non-hydrogen) atoms. The van der Waals surface area contributed by atoms with E-state index < -0.39 is 11.6 Å². The van der Waals surface area contributed by atoms with Crippen LogP contribution in [0, 0.1) is 0 Å². The van der Waals surface area contributed by atoms with Crippen LogP contribution in [-0.4, -0.2) is 22.4 Å². The maximum Gasteiger partial charge on any atom is 0.344 e. The van der Waals surface area contributed by atoms with Crippen LogP contribution in [0.15, 0.2) is 46.8 Å². The lowest BCUT2D eigenvalue weighted by molar-refractivity contribution is -0.157. The number of esters is 1. The molecule has 1 N–H and O–H groups in total. The lowest BCUT2D eigenvalue weighted by Crippen LogP contribution is -2.39. The number of benzene rings is 1. The Labute approximate surface area is 148 Å². The molecule has 0 saturated heterocycles. The number of aliphatic hydroxyl groups excluding tert-OH is 1. The zero-order valence-corrected chi connectivity index (χ0v) is 14.7. The summed E-state index contributed by atoms with van der Waals surface area (Å²) in [6, 6.07) is 9.70. The number of ether oxygens (including phenoxy) is 1. The lowest BCUT2D eigenvalue weighted by Gasteiger charge is -2.33. The quantitative estimate of drug-likeness (QED) is 0.471. The third-order valence-corrected chi connectivity index (χ3v) is 4.83. The van der Waals surface area contributed by atoms with Crippen LogP contribution < -0.4 is 0 Å². The van der Waals surface area contributed by atoms with E-state index in [-0.39, 0.29) is 11.3 Å². The third-order valence-electron chi connectivity index (χ3n) is 4.83. The molecule has 134 valence electrons. The summed E-state index contributed by atoms with van der Waals surface area (Å²) in [4.78, 5) is 18.0. The molecular formula is C20H25NO4. The number of carbonyl (C=O) groups excluding carboxylic acids is 1. The topological polar surface area (TPSA) is 68.1 Å². The van der Waals surface area contributed by atoms with Crippen LogP contribution in [0.3, 0.4) is 0 Å². The molecule has 5 heteroatoms. The molecular weight excluding hydrogens is 318 g/mol. The zero-order chi connectivity index (χ0) is 17.7. The molecule has 1 aromatic carbocycles. The average molecular weight is 343 g/mol. The van der Waals surface area contributed by atoms with Crippen LogP contribution in [0.25, 0.3) is 0 Å². The first kappa shape index (κ1) is 17.5. The van der Waals surface area contributed by atoms with Crippen LogP contribution in [0.1, 0.15) is 57.4 Å². The molecule has 2 aliphatic rings. The van der Waals surface area contributed by atoms with Gasteiger partial charge in [-0.1, -0.05) is 48.8 Å². The van der Waals surface area contributed by atoms with Crippen LogP contribution in [-0.2, 0) is 21.0 Å². The molecule has 3 rings (SSSR count). The Morgan fingerprint density at radius 3 is 2.64 bits per heavy atom. The van der Waals surface area contributed by atoms with Gasteiger partial charge in [-0.05, 0) is 37.7 Å². The predicted octanol–water partition coefficient (Wildman–Crippen LogP) is 4.43. The fourth-order valence-corrected chi connectivity index (χ4v) is 3.59. The van der Waals surface area contributed by atoms with E-state index in [1.807, 2.05) is 37.3 Å². The van der Waals surface area contributed by atoms with Gasteiger partial charge in [-0.2, -0.15) is 0 Å². The highest BCUT2D eigenvalue weighted by atomic mass is 16.6. The summed E-state index contributed by atoms with van der Waals surface area (Å²) in [5.41, 5.74) is 1.14. The Hall–Kier alpha value is -2.30. The van der Waals surface area contributed by atoms with Gasteiger partial charge in [0.1, 0.15) is 23.5 Å². The second-order valence-electron chi connectivity index (χ2n) is 6.83. The first-order chi connectivity index (χ1) is 12.1. The smallest absolute Gasteiger partial charge is 0.344 e. The number of aliphatic hydroxyl groups is 1. The molecule has 1 spiro atoms. The predicted molar refractivity (Wildman–Crippen MR) is 95.1 cm³/mol. The number of hydrogen-bond donors (Lipinski definition) is 1. The maximum atomic E-state index is 12.5. The Balaban J connectivity index is 1.76. The van der Waals surface area contributed by atoms with Gasteiger partial charge in [0.05, 0.1) is 5.71 Å². The second kappa shape index (κ2) is 7.72. The van der Waals surface area contributed by atoms with Gasteiger partial charge in [0.15, 0.2) is 0 Å². The fraction of sp³-hybridized carbons (Fsp3) is 0.500. The van der Waals surface area contributed by atoms with Crippen molar-refractivity contribution in [2.45, 2.75) is 64.1 Å². The first-order valence-electron chi connectivity index (χ1n) is 9.02. The number of carbonyl (C=O) groups is 1. The minimum atomic E-state index is -0.507. The number of rotatable bonds is 6. The zero-order valence-electron chi connectivity index (χ0n) is 14.7. The van der Waals surface area contributed by atoms with Gasteiger partial charge in [-0.3, -0.25) is 0 Å².